The number of aromatic carboxylic acids is 1. The van der Waals surface area contributed by atoms with Crippen LogP contribution >= 0.6 is 11.6 Å². The number of halogens is 1. The molecule has 1 heterocycles. The maximum atomic E-state index is 11.2. The van der Waals surface area contributed by atoms with Crippen LogP contribution in [0.5, 0.6) is 0 Å². The Labute approximate surface area is 123 Å². The first-order valence-corrected chi connectivity index (χ1v) is 6.90. The molecule has 0 aliphatic rings. The van der Waals surface area contributed by atoms with Crippen molar-refractivity contribution in [1.82, 2.24) is 9.78 Å². The van der Waals surface area contributed by atoms with Gasteiger partial charge >= 0.3 is 5.97 Å². The second kappa shape index (κ2) is 5.67. The fourth-order valence-electron chi connectivity index (χ4n) is 2.39. The van der Waals surface area contributed by atoms with Crippen molar-refractivity contribution in [1.29, 1.82) is 0 Å². The maximum Gasteiger partial charge on any atom is 0.337 e. The third-order valence-electron chi connectivity index (χ3n) is 3.30. The first-order chi connectivity index (χ1) is 9.45. The molecule has 0 saturated carbocycles. The van der Waals surface area contributed by atoms with Crippen molar-refractivity contribution >= 4 is 17.6 Å². The Kier molecular flexibility index (Phi) is 4.14. The zero-order valence-electron chi connectivity index (χ0n) is 11.8. The summed E-state index contributed by atoms with van der Waals surface area (Å²) >= 11 is 5.91. The predicted octanol–water partition coefficient (Wildman–Crippen LogP) is 3.93. The van der Waals surface area contributed by atoms with Crippen LogP contribution in [-0.2, 0) is 6.54 Å². The SMILES string of the molecule is CCCn1nc(C)c(-c2ccc(Cl)c(C(=O)O)c2)c1C. The minimum atomic E-state index is -1.02. The molecule has 2 rings (SSSR count). The van der Waals surface area contributed by atoms with Crippen LogP contribution in [0.15, 0.2) is 18.2 Å². The smallest absolute Gasteiger partial charge is 0.337 e. The lowest BCUT2D eigenvalue weighted by Gasteiger charge is -2.06. The van der Waals surface area contributed by atoms with Crippen molar-refractivity contribution in [2.45, 2.75) is 33.7 Å². The van der Waals surface area contributed by atoms with E-state index >= 15 is 0 Å². The Bertz CT molecular complexity index is 662. The summed E-state index contributed by atoms with van der Waals surface area (Å²) in [7, 11) is 0. The Morgan fingerprint density at radius 1 is 1.40 bits per heavy atom. The monoisotopic (exact) mass is 292 g/mol. The summed E-state index contributed by atoms with van der Waals surface area (Å²) in [5.41, 5.74) is 3.88. The Morgan fingerprint density at radius 2 is 2.10 bits per heavy atom. The molecule has 4 nitrogen and oxygen atoms in total. The first kappa shape index (κ1) is 14.6. The fourth-order valence-corrected chi connectivity index (χ4v) is 2.59. The van der Waals surface area contributed by atoms with Gasteiger partial charge in [-0.2, -0.15) is 5.10 Å². The third-order valence-corrected chi connectivity index (χ3v) is 3.63. The van der Waals surface area contributed by atoms with E-state index in [4.69, 9.17) is 16.7 Å². The van der Waals surface area contributed by atoms with Crippen molar-refractivity contribution in [3.8, 4) is 11.1 Å². The van der Waals surface area contributed by atoms with E-state index < -0.39 is 5.97 Å². The highest BCUT2D eigenvalue weighted by Crippen LogP contribution is 2.30. The highest BCUT2D eigenvalue weighted by atomic mass is 35.5. The molecule has 1 N–H and O–H groups in total. The van der Waals surface area contributed by atoms with Gasteiger partial charge in [0.05, 0.1) is 16.3 Å². The van der Waals surface area contributed by atoms with E-state index in [-0.39, 0.29) is 10.6 Å². The van der Waals surface area contributed by atoms with Crippen LogP contribution in [0.25, 0.3) is 11.1 Å². The van der Waals surface area contributed by atoms with Gasteiger partial charge < -0.3 is 5.11 Å². The van der Waals surface area contributed by atoms with Crippen molar-refractivity contribution < 1.29 is 9.90 Å². The van der Waals surface area contributed by atoms with Crippen LogP contribution in [0.4, 0.5) is 0 Å². The van der Waals surface area contributed by atoms with Gasteiger partial charge in [-0.1, -0.05) is 24.6 Å². The molecule has 0 saturated heterocycles. The normalized spacial score (nSPS) is 10.8. The van der Waals surface area contributed by atoms with E-state index in [0.29, 0.717) is 0 Å². The van der Waals surface area contributed by atoms with E-state index in [9.17, 15) is 4.79 Å². The average Bonchev–Trinajstić information content (AvgIpc) is 2.66. The number of aryl methyl sites for hydroxylation is 2. The van der Waals surface area contributed by atoms with Gasteiger partial charge in [0.1, 0.15) is 0 Å². The van der Waals surface area contributed by atoms with Crippen molar-refractivity contribution in [2.75, 3.05) is 0 Å². The summed E-state index contributed by atoms with van der Waals surface area (Å²) in [6.45, 7) is 6.89. The third kappa shape index (κ3) is 2.56. The number of aromatic nitrogens is 2. The van der Waals surface area contributed by atoms with Crippen LogP contribution in [0.2, 0.25) is 5.02 Å². The summed E-state index contributed by atoms with van der Waals surface area (Å²) < 4.78 is 1.96. The molecule has 20 heavy (non-hydrogen) atoms. The number of carboxylic acids is 1. The van der Waals surface area contributed by atoms with Gasteiger partial charge in [-0.25, -0.2) is 4.79 Å². The van der Waals surface area contributed by atoms with Crippen LogP contribution in [0, 0.1) is 13.8 Å². The van der Waals surface area contributed by atoms with Gasteiger partial charge in [-0.15, -0.1) is 0 Å². The van der Waals surface area contributed by atoms with Gasteiger partial charge in [0, 0.05) is 17.8 Å². The number of benzene rings is 1. The predicted molar refractivity (Wildman–Crippen MR) is 79.4 cm³/mol. The van der Waals surface area contributed by atoms with Gasteiger partial charge in [0.25, 0.3) is 0 Å². The Balaban J connectivity index is 2.57. The molecule has 106 valence electrons. The molecule has 0 aliphatic carbocycles. The maximum absolute atomic E-state index is 11.2. The van der Waals surface area contributed by atoms with Crippen LogP contribution < -0.4 is 0 Å². The van der Waals surface area contributed by atoms with Crippen molar-refractivity contribution in [2.24, 2.45) is 0 Å². The molecule has 0 radical (unpaired) electrons. The molecule has 0 bridgehead atoms. The number of nitrogens with zero attached hydrogens (tertiary/aromatic N) is 2. The van der Waals surface area contributed by atoms with Gasteiger partial charge in [0.2, 0.25) is 0 Å². The quantitative estimate of drug-likeness (QED) is 0.929. The first-order valence-electron chi connectivity index (χ1n) is 6.53. The standard InChI is InChI=1S/C15H17ClN2O2/c1-4-7-18-10(3)14(9(2)17-18)11-5-6-13(16)12(8-11)15(19)20/h5-6,8H,4,7H2,1-3H3,(H,19,20). The second-order valence-electron chi connectivity index (χ2n) is 4.77. The fraction of sp³-hybridized carbons (Fsp3) is 0.333. The van der Waals surface area contributed by atoms with E-state index in [1.54, 1.807) is 12.1 Å². The van der Waals surface area contributed by atoms with Gasteiger partial charge in [0.15, 0.2) is 0 Å². The number of hydrogen-bond acceptors (Lipinski definition) is 2. The van der Waals surface area contributed by atoms with E-state index in [1.165, 1.54) is 0 Å². The minimum Gasteiger partial charge on any atom is -0.478 e. The van der Waals surface area contributed by atoms with E-state index in [1.807, 2.05) is 24.6 Å². The molecule has 1 aromatic heterocycles. The summed E-state index contributed by atoms with van der Waals surface area (Å²) in [5.74, 6) is -1.02. The molecule has 0 fully saturated rings. The van der Waals surface area contributed by atoms with Gasteiger partial charge in [-0.3, -0.25) is 4.68 Å². The summed E-state index contributed by atoms with van der Waals surface area (Å²) in [4.78, 5) is 11.2. The molecular formula is C15H17ClN2O2. The minimum absolute atomic E-state index is 0.117. The van der Waals surface area contributed by atoms with Crippen molar-refractivity contribution in [3.63, 3.8) is 0 Å². The molecule has 0 atom stereocenters. The Hall–Kier alpha value is -1.81. The zero-order valence-corrected chi connectivity index (χ0v) is 12.5. The van der Waals surface area contributed by atoms with Crippen LogP contribution in [0.1, 0.15) is 35.1 Å². The summed E-state index contributed by atoms with van der Waals surface area (Å²) in [5, 5.41) is 13.9. The highest BCUT2D eigenvalue weighted by Gasteiger charge is 2.16. The molecule has 0 spiro atoms. The van der Waals surface area contributed by atoms with Crippen LogP contribution in [-0.4, -0.2) is 20.9 Å². The zero-order chi connectivity index (χ0) is 14.9. The van der Waals surface area contributed by atoms with E-state index in [2.05, 4.69) is 12.0 Å². The van der Waals surface area contributed by atoms with Crippen LogP contribution in [0.3, 0.4) is 0 Å². The molecule has 1 aromatic carbocycles. The van der Waals surface area contributed by atoms with Gasteiger partial charge in [-0.05, 0) is 38.0 Å². The molecule has 0 unspecified atom stereocenters. The van der Waals surface area contributed by atoms with E-state index in [0.717, 1.165) is 35.5 Å². The highest BCUT2D eigenvalue weighted by molar-refractivity contribution is 6.33. The number of carboxylic acid groups (broad SMARTS) is 1. The molecule has 2 aromatic rings. The topological polar surface area (TPSA) is 55.1 Å². The average molecular weight is 293 g/mol. The lowest BCUT2D eigenvalue weighted by atomic mass is 10.0. The number of hydrogen-bond donors (Lipinski definition) is 1. The largest absolute Gasteiger partial charge is 0.478 e. The molecule has 0 aliphatic heterocycles. The Morgan fingerprint density at radius 3 is 2.70 bits per heavy atom. The number of rotatable bonds is 4. The molecular weight excluding hydrogens is 276 g/mol. The lowest BCUT2D eigenvalue weighted by molar-refractivity contribution is 0.0697. The molecule has 5 heteroatoms. The number of carbonyl (C=O) groups is 1. The lowest BCUT2D eigenvalue weighted by Crippen LogP contribution is -2.01. The summed E-state index contributed by atoms with van der Waals surface area (Å²) in [6, 6.07) is 5.07. The summed E-state index contributed by atoms with van der Waals surface area (Å²) in [6.07, 6.45) is 1.00. The van der Waals surface area contributed by atoms with Crippen molar-refractivity contribution in [3.05, 3.63) is 40.2 Å². The molecule has 0 amide bonds. The second-order valence-corrected chi connectivity index (χ2v) is 5.18.